The van der Waals surface area contributed by atoms with E-state index in [1.165, 1.54) is 0 Å². The van der Waals surface area contributed by atoms with E-state index in [4.69, 9.17) is 9.47 Å². The number of halogens is 1. The van der Waals surface area contributed by atoms with Crippen molar-refractivity contribution < 1.29 is 19.4 Å². The molecule has 0 radical (unpaired) electrons. The summed E-state index contributed by atoms with van der Waals surface area (Å²) in [5.74, 6) is 0.135. The monoisotopic (exact) mass is 407 g/mol. The lowest BCUT2D eigenvalue weighted by atomic mass is 9.95. The molecule has 134 valence electrons. The van der Waals surface area contributed by atoms with Crippen LogP contribution in [-0.2, 0) is 9.47 Å². The van der Waals surface area contributed by atoms with E-state index in [0.29, 0.717) is 23.3 Å². The number of hydrogen-bond acceptors (Lipinski definition) is 4. The summed E-state index contributed by atoms with van der Waals surface area (Å²) in [5.41, 5.74) is 1.06. The van der Waals surface area contributed by atoms with Crippen LogP contribution in [0.3, 0.4) is 0 Å². The minimum absolute atomic E-state index is 0.00863. The third kappa shape index (κ3) is 3.20. The largest absolute Gasteiger partial charge is 0.506 e. The lowest BCUT2D eigenvalue weighted by Gasteiger charge is -2.25. The summed E-state index contributed by atoms with van der Waals surface area (Å²) < 4.78 is 11.4. The molecule has 6 heteroatoms. The maximum absolute atomic E-state index is 12.7. The van der Waals surface area contributed by atoms with Gasteiger partial charge in [-0.2, -0.15) is 0 Å². The van der Waals surface area contributed by atoms with Gasteiger partial charge in [-0.1, -0.05) is 24.3 Å². The first-order valence-corrected chi connectivity index (χ1v) is 8.96. The van der Waals surface area contributed by atoms with Crippen molar-refractivity contribution in [1.29, 1.82) is 0 Å². The predicted octanol–water partition coefficient (Wildman–Crippen LogP) is 4.79. The van der Waals surface area contributed by atoms with Gasteiger partial charge >= 0.3 is 6.09 Å². The van der Waals surface area contributed by atoms with Crippen molar-refractivity contribution in [2.24, 2.45) is 0 Å². The van der Waals surface area contributed by atoms with Gasteiger partial charge in [-0.15, -0.1) is 0 Å². The number of benzene rings is 2. The van der Waals surface area contributed by atoms with Gasteiger partial charge in [0.05, 0.1) is 16.8 Å². The van der Waals surface area contributed by atoms with Crippen LogP contribution in [0.2, 0.25) is 0 Å². The molecule has 0 saturated heterocycles. The Kier molecular flexibility index (Phi) is 4.68. The second kappa shape index (κ2) is 6.50. The molecule has 1 aliphatic rings. The molecule has 1 N–H and O–H groups in total. The number of phenols is 1. The molecule has 1 aliphatic heterocycles. The molecule has 0 fully saturated rings. The fraction of sp³-hybridized carbons (Fsp3) is 0.421. The number of aromatic hydroxyl groups is 1. The fourth-order valence-corrected chi connectivity index (χ4v) is 3.94. The number of methoxy groups -OCH3 is 1. The third-order valence-electron chi connectivity index (χ3n) is 4.21. The van der Waals surface area contributed by atoms with E-state index in [1.807, 2.05) is 45.0 Å². The Balaban J connectivity index is 2.20. The quantitative estimate of drug-likeness (QED) is 0.776. The SMILES string of the molecule is COC[C@@H]1CN(C(=O)OC(C)(C)C)c2c(Br)c(O)c3ccccc3c21. The van der Waals surface area contributed by atoms with E-state index in [1.54, 1.807) is 12.0 Å². The summed E-state index contributed by atoms with van der Waals surface area (Å²) >= 11 is 3.48. The van der Waals surface area contributed by atoms with Gasteiger partial charge < -0.3 is 14.6 Å². The van der Waals surface area contributed by atoms with Crippen LogP contribution in [0.15, 0.2) is 28.7 Å². The first-order valence-electron chi connectivity index (χ1n) is 8.17. The van der Waals surface area contributed by atoms with Gasteiger partial charge in [0.2, 0.25) is 0 Å². The fourth-order valence-electron chi connectivity index (χ4n) is 3.30. The minimum atomic E-state index is -0.595. The van der Waals surface area contributed by atoms with E-state index in [9.17, 15) is 9.90 Å². The molecular weight excluding hydrogens is 386 g/mol. The average molecular weight is 408 g/mol. The summed E-state index contributed by atoms with van der Waals surface area (Å²) in [6.45, 7) is 6.43. The van der Waals surface area contributed by atoms with Crippen molar-refractivity contribution in [2.45, 2.75) is 32.3 Å². The van der Waals surface area contributed by atoms with E-state index < -0.39 is 11.7 Å². The van der Waals surface area contributed by atoms with E-state index >= 15 is 0 Å². The van der Waals surface area contributed by atoms with Crippen molar-refractivity contribution in [1.82, 2.24) is 0 Å². The van der Waals surface area contributed by atoms with Crippen LogP contribution in [0.4, 0.5) is 10.5 Å². The Morgan fingerprint density at radius 2 is 1.96 bits per heavy atom. The second-order valence-electron chi connectivity index (χ2n) is 7.21. The number of fused-ring (bicyclic) bond motifs is 3. The smallest absolute Gasteiger partial charge is 0.414 e. The molecule has 0 aliphatic carbocycles. The van der Waals surface area contributed by atoms with Crippen LogP contribution in [-0.4, -0.2) is 37.1 Å². The van der Waals surface area contributed by atoms with Crippen LogP contribution in [0.5, 0.6) is 5.75 Å². The Labute approximate surface area is 155 Å². The number of carbonyl (C=O) groups is 1. The van der Waals surface area contributed by atoms with E-state index in [2.05, 4.69) is 15.9 Å². The van der Waals surface area contributed by atoms with Gasteiger partial charge in [-0.25, -0.2) is 4.79 Å². The number of phenolic OH excluding ortho intramolecular Hbond substituents is 1. The molecular formula is C19H22BrNO4. The highest BCUT2D eigenvalue weighted by Gasteiger charge is 2.39. The van der Waals surface area contributed by atoms with E-state index in [0.717, 1.165) is 16.3 Å². The molecule has 2 aromatic rings. The van der Waals surface area contributed by atoms with Gasteiger partial charge in [0, 0.05) is 25.0 Å². The molecule has 3 rings (SSSR count). The Morgan fingerprint density at radius 1 is 1.32 bits per heavy atom. The normalized spacial score (nSPS) is 17.0. The highest BCUT2D eigenvalue weighted by atomic mass is 79.9. The zero-order chi connectivity index (χ0) is 18.4. The summed E-state index contributed by atoms with van der Waals surface area (Å²) in [7, 11) is 1.65. The molecule has 0 saturated carbocycles. The Bertz CT molecular complexity index is 828. The molecule has 0 unspecified atom stereocenters. The summed E-state index contributed by atoms with van der Waals surface area (Å²) in [6.07, 6.45) is -0.428. The maximum Gasteiger partial charge on any atom is 0.414 e. The zero-order valence-corrected chi connectivity index (χ0v) is 16.4. The minimum Gasteiger partial charge on any atom is -0.506 e. The molecule has 1 heterocycles. The molecule has 25 heavy (non-hydrogen) atoms. The molecule has 5 nitrogen and oxygen atoms in total. The summed E-state index contributed by atoms with van der Waals surface area (Å²) in [4.78, 5) is 14.3. The number of carbonyl (C=O) groups excluding carboxylic acids is 1. The average Bonchev–Trinajstić information content (AvgIpc) is 2.91. The van der Waals surface area contributed by atoms with Crippen LogP contribution in [0, 0.1) is 0 Å². The predicted molar refractivity (Wildman–Crippen MR) is 102 cm³/mol. The molecule has 1 atom stereocenters. The van der Waals surface area contributed by atoms with Crippen LogP contribution in [0.1, 0.15) is 32.3 Å². The molecule has 2 aromatic carbocycles. The number of rotatable bonds is 2. The van der Waals surface area contributed by atoms with Crippen LogP contribution >= 0.6 is 15.9 Å². The van der Waals surface area contributed by atoms with Crippen molar-refractivity contribution in [3.05, 3.63) is 34.3 Å². The van der Waals surface area contributed by atoms with Gasteiger partial charge in [-0.05, 0) is 47.7 Å². The van der Waals surface area contributed by atoms with Gasteiger partial charge in [0.25, 0.3) is 0 Å². The van der Waals surface area contributed by atoms with E-state index in [-0.39, 0.29) is 11.7 Å². The van der Waals surface area contributed by atoms with Crippen molar-refractivity contribution in [3.8, 4) is 5.75 Å². The highest BCUT2D eigenvalue weighted by molar-refractivity contribution is 9.10. The molecule has 0 aromatic heterocycles. The Morgan fingerprint density at radius 3 is 2.56 bits per heavy atom. The highest BCUT2D eigenvalue weighted by Crippen LogP contribution is 2.50. The summed E-state index contributed by atoms with van der Waals surface area (Å²) in [5, 5.41) is 12.3. The summed E-state index contributed by atoms with van der Waals surface area (Å²) in [6, 6.07) is 7.64. The topological polar surface area (TPSA) is 59.0 Å². The van der Waals surface area contributed by atoms with Gasteiger partial charge in [0.15, 0.2) is 0 Å². The first kappa shape index (κ1) is 18.0. The zero-order valence-electron chi connectivity index (χ0n) is 14.8. The lowest BCUT2D eigenvalue weighted by Crippen LogP contribution is -2.36. The van der Waals surface area contributed by atoms with Crippen LogP contribution in [0.25, 0.3) is 10.8 Å². The van der Waals surface area contributed by atoms with Crippen molar-refractivity contribution >= 4 is 38.5 Å². The molecule has 0 spiro atoms. The number of anilines is 1. The Hall–Kier alpha value is -1.79. The molecule has 1 amide bonds. The number of ether oxygens (including phenoxy) is 2. The van der Waals surface area contributed by atoms with Gasteiger partial charge in [0.1, 0.15) is 11.4 Å². The number of nitrogens with zero attached hydrogens (tertiary/aromatic N) is 1. The van der Waals surface area contributed by atoms with Gasteiger partial charge in [-0.3, -0.25) is 4.90 Å². The number of amides is 1. The van der Waals surface area contributed by atoms with Crippen LogP contribution < -0.4 is 4.90 Å². The second-order valence-corrected chi connectivity index (χ2v) is 8.01. The standard InChI is InChI=1S/C19H22BrNO4/c1-19(2,3)25-18(23)21-9-11(10-24-4)14-12-7-5-6-8-13(12)17(22)15(20)16(14)21/h5-8,11,22H,9-10H2,1-4H3/t11-/m0/s1. The van der Waals surface area contributed by atoms with Crippen molar-refractivity contribution in [3.63, 3.8) is 0 Å². The van der Waals surface area contributed by atoms with Crippen molar-refractivity contribution in [2.75, 3.05) is 25.2 Å². The molecule has 0 bridgehead atoms. The lowest BCUT2D eigenvalue weighted by molar-refractivity contribution is 0.0579. The first-order chi connectivity index (χ1) is 11.7. The third-order valence-corrected chi connectivity index (χ3v) is 4.96. The maximum atomic E-state index is 12.7. The number of hydrogen-bond donors (Lipinski definition) is 1.